The molecule has 2 fully saturated rings. The molecule has 0 unspecified atom stereocenters. The standard InChI is InChI=1S/C11H18N4O9/c16-1-3-5(18)7(20)9(23-3)14-11(22)15(13-12-14)10-8(21)6(19)4(2-17)24-10/h3-10,16-21H,1-2H2/t3-,4-,5-,6-,7-,8-,9-,10-/m1/s1. The van der Waals surface area contributed by atoms with Crippen LogP contribution in [-0.2, 0) is 9.47 Å². The van der Waals surface area contributed by atoms with Crippen molar-refractivity contribution in [1.29, 1.82) is 0 Å². The molecule has 0 amide bonds. The molecule has 0 aromatic carbocycles. The number of rotatable bonds is 4. The third-order valence-corrected chi connectivity index (χ3v) is 4.14. The highest BCUT2D eigenvalue weighted by atomic mass is 16.6. The maximum Gasteiger partial charge on any atom is 0.368 e. The average Bonchev–Trinajstić information content (AvgIpc) is 3.17. The summed E-state index contributed by atoms with van der Waals surface area (Å²) in [5.41, 5.74) is -0.945. The SMILES string of the molecule is O=c1n([C@@H]2O[C@H](CO)[C@@H](O)[C@H]2O)nnn1[C@@H]1O[C@H](CO)[C@@H](O)[C@H]1O. The quantitative estimate of drug-likeness (QED) is 0.304. The van der Waals surface area contributed by atoms with Gasteiger partial charge in [0.15, 0.2) is 12.5 Å². The van der Waals surface area contributed by atoms with Gasteiger partial charge in [0.2, 0.25) is 0 Å². The van der Waals surface area contributed by atoms with E-state index in [4.69, 9.17) is 19.7 Å². The molecule has 2 aliphatic rings. The molecule has 0 saturated carbocycles. The molecule has 136 valence electrons. The fraction of sp³-hybridized carbons (Fsp3) is 0.909. The second kappa shape index (κ2) is 6.45. The van der Waals surface area contributed by atoms with Crippen LogP contribution in [-0.4, -0.2) is 100 Å². The van der Waals surface area contributed by atoms with Crippen LogP contribution in [0.2, 0.25) is 0 Å². The molecule has 2 saturated heterocycles. The molecule has 6 N–H and O–H groups in total. The Morgan fingerprint density at radius 2 is 1.17 bits per heavy atom. The first-order valence-corrected chi connectivity index (χ1v) is 7.19. The molecule has 0 radical (unpaired) electrons. The molecule has 24 heavy (non-hydrogen) atoms. The molecule has 3 heterocycles. The first-order valence-electron chi connectivity index (χ1n) is 7.19. The lowest BCUT2D eigenvalue weighted by molar-refractivity contribution is -0.0670. The third kappa shape index (κ3) is 2.55. The van der Waals surface area contributed by atoms with E-state index in [1.807, 2.05) is 0 Å². The van der Waals surface area contributed by atoms with Gasteiger partial charge < -0.3 is 40.1 Å². The van der Waals surface area contributed by atoms with Crippen LogP contribution in [0.4, 0.5) is 0 Å². The third-order valence-electron chi connectivity index (χ3n) is 4.14. The average molecular weight is 350 g/mol. The second-order valence-corrected chi connectivity index (χ2v) is 5.61. The molecule has 13 nitrogen and oxygen atoms in total. The van der Waals surface area contributed by atoms with Gasteiger partial charge in [-0.05, 0) is 10.4 Å². The maximum absolute atomic E-state index is 12.4. The van der Waals surface area contributed by atoms with E-state index in [1.165, 1.54) is 0 Å². The van der Waals surface area contributed by atoms with Crippen molar-refractivity contribution in [3.63, 3.8) is 0 Å². The van der Waals surface area contributed by atoms with Gasteiger partial charge in [0.05, 0.1) is 13.2 Å². The normalized spacial score (nSPS) is 42.8. The summed E-state index contributed by atoms with van der Waals surface area (Å²) in [4.78, 5) is 12.4. The number of tetrazole rings is 1. The van der Waals surface area contributed by atoms with Gasteiger partial charge in [0, 0.05) is 0 Å². The van der Waals surface area contributed by atoms with Crippen molar-refractivity contribution < 1.29 is 40.1 Å². The molecule has 13 heteroatoms. The number of ether oxygens (including phenoxy) is 2. The monoisotopic (exact) mass is 350 g/mol. The highest BCUT2D eigenvalue weighted by molar-refractivity contribution is 4.91. The number of aliphatic hydroxyl groups excluding tert-OH is 6. The summed E-state index contributed by atoms with van der Waals surface area (Å²) in [7, 11) is 0. The Bertz CT molecular complexity index is 585. The molecule has 3 rings (SSSR count). The predicted molar refractivity (Wildman–Crippen MR) is 70.3 cm³/mol. The topological polar surface area (TPSA) is 193 Å². The van der Waals surface area contributed by atoms with Crippen LogP contribution in [0.1, 0.15) is 12.5 Å². The molecule has 1 aromatic heterocycles. The molecule has 2 aliphatic heterocycles. The van der Waals surface area contributed by atoms with Gasteiger partial charge in [0.25, 0.3) is 0 Å². The molecule has 0 aliphatic carbocycles. The highest BCUT2D eigenvalue weighted by Gasteiger charge is 2.48. The smallest absolute Gasteiger partial charge is 0.368 e. The molecular formula is C11H18N4O9. The van der Waals surface area contributed by atoms with E-state index in [0.717, 1.165) is 0 Å². The summed E-state index contributed by atoms with van der Waals surface area (Å²) in [5, 5.41) is 64.4. The molecule has 8 atom stereocenters. The zero-order valence-corrected chi connectivity index (χ0v) is 12.2. The fourth-order valence-electron chi connectivity index (χ4n) is 2.75. The van der Waals surface area contributed by atoms with Crippen molar-refractivity contribution in [2.45, 2.75) is 49.1 Å². The van der Waals surface area contributed by atoms with Crippen LogP contribution < -0.4 is 5.69 Å². The lowest BCUT2D eigenvalue weighted by Crippen LogP contribution is -2.39. The van der Waals surface area contributed by atoms with Crippen LogP contribution in [0.25, 0.3) is 0 Å². The van der Waals surface area contributed by atoms with Crippen LogP contribution in [0.3, 0.4) is 0 Å². The molecular weight excluding hydrogens is 332 g/mol. The highest BCUT2D eigenvalue weighted by Crippen LogP contribution is 2.29. The first kappa shape index (κ1) is 17.4. The molecule has 1 aromatic rings. The Morgan fingerprint density at radius 1 is 0.792 bits per heavy atom. The first-order chi connectivity index (χ1) is 11.4. The largest absolute Gasteiger partial charge is 0.394 e. The van der Waals surface area contributed by atoms with Crippen LogP contribution >= 0.6 is 0 Å². The molecule has 0 bridgehead atoms. The number of aliphatic hydroxyl groups is 6. The summed E-state index contributed by atoms with van der Waals surface area (Å²) in [6.07, 6.45) is -10.9. The lowest BCUT2D eigenvalue weighted by atomic mass is 10.1. The lowest BCUT2D eigenvalue weighted by Gasteiger charge is -2.14. The maximum atomic E-state index is 12.4. The number of aromatic nitrogens is 4. The van der Waals surface area contributed by atoms with Gasteiger partial charge >= 0.3 is 5.69 Å². The minimum Gasteiger partial charge on any atom is -0.394 e. The van der Waals surface area contributed by atoms with Gasteiger partial charge in [-0.2, -0.15) is 9.36 Å². The summed E-state index contributed by atoms with van der Waals surface area (Å²) < 4.78 is 11.6. The summed E-state index contributed by atoms with van der Waals surface area (Å²) >= 11 is 0. The van der Waals surface area contributed by atoms with E-state index in [1.54, 1.807) is 0 Å². The van der Waals surface area contributed by atoms with Crippen molar-refractivity contribution in [1.82, 2.24) is 19.8 Å². The Labute approximate surface area is 133 Å². The van der Waals surface area contributed by atoms with Crippen molar-refractivity contribution in [3.05, 3.63) is 10.5 Å². The van der Waals surface area contributed by atoms with E-state index in [9.17, 15) is 25.2 Å². The van der Waals surface area contributed by atoms with Crippen molar-refractivity contribution in [2.75, 3.05) is 13.2 Å². The van der Waals surface area contributed by atoms with Crippen molar-refractivity contribution in [3.8, 4) is 0 Å². The van der Waals surface area contributed by atoms with E-state index in [2.05, 4.69) is 10.4 Å². The fourth-order valence-corrected chi connectivity index (χ4v) is 2.75. The zero-order valence-electron chi connectivity index (χ0n) is 12.2. The Balaban J connectivity index is 1.86. The summed E-state index contributed by atoms with van der Waals surface area (Å²) in [6, 6.07) is 0. The number of nitrogens with zero attached hydrogens (tertiary/aromatic N) is 4. The number of hydrogen-bond donors (Lipinski definition) is 6. The van der Waals surface area contributed by atoms with Gasteiger partial charge in [-0.25, -0.2) is 4.79 Å². The van der Waals surface area contributed by atoms with E-state index in [-0.39, 0.29) is 0 Å². The minimum atomic E-state index is -1.53. The number of hydrogen-bond acceptors (Lipinski definition) is 11. The van der Waals surface area contributed by atoms with Gasteiger partial charge in [0.1, 0.15) is 36.6 Å². The molecule has 0 spiro atoms. The van der Waals surface area contributed by atoms with Gasteiger partial charge in [-0.15, -0.1) is 0 Å². The van der Waals surface area contributed by atoms with Crippen molar-refractivity contribution >= 4 is 0 Å². The van der Waals surface area contributed by atoms with E-state index < -0.39 is 68.0 Å². The van der Waals surface area contributed by atoms with Gasteiger partial charge in [-0.3, -0.25) is 0 Å². The van der Waals surface area contributed by atoms with Gasteiger partial charge in [-0.1, -0.05) is 0 Å². The van der Waals surface area contributed by atoms with Crippen molar-refractivity contribution in [2.24, 2.45) is 0 Å². The summed E-state index contributed by atoms with van der Waals surface area (Å²) in [5.74, 6) is 0. The van der Waals surface area contributed by atoms with Crippen LogP contribution in [0, 0.1) is 0 Å². The zero-order chi connectivity index (χ0) is 17.6. The Kier molecular flexibility index (Phi) is 4.67. The predicted octanol–water partition coefficient (Wildman–Crippen LogP) is -5.34. The minimum absolute atomic E-state index is 0.577. The Morgan fingerprint density at radius 3 is 1.46 bits per heavy atom. The Hall–Kier alpha value is -1.45. The van der Waals surface area contributed by atoms with E-state index >= 15 is 0 Å². The van der Waals surface area contributed by atoms with E-state index in [0.29, 0.717) is 9.36 Å². The van der Waals surface area contributed by atoms with Crippen LogP contribution in [0.5, 0.6) is 0 Å². The van der Waals surface area contributed by atoms with Crippen LogP contribution in [0.15, 0.2) is 4.79 Å². The summed E-state index contributed by atoms with van der Waals surface area (Å²) in [6.45, 7) is -1.15. The second-order valence-electron chi connectivity index (χ2n) is 5.61.